The molecule has 92 valence electrons. The summed E-state index contributed by atoms with van der Waals surface area (Å²) in [5.41, 5.74) is 7.33. The SMILES string of the molecule is Cc1occc1CN(C)CC(N)CC(C)C. The third-order valence-corrected chi connectivity index (χ3v) is 2.73. The van der Waals surface area contributed by atoms with Gasteiger partial charge in [0.2, 0.25) is 0 Å². The number of nitrogens with zero attached hydrogens (tertiary/aromatic N) is 1. The van der Waals surface area contributed by atoms with Gasteiger partial charge < -0.3 is 15.1 Å². The van der Waals surface area contributed by atoms with E-state index in [0.717, 1.165) is 25.3 Å². The van der Waals surface area contributed by atoms with E-state index in [4.69, 9.17) is 10.2 Å². The normalized spacial score (nSPS) is 13.7. The number of nitrogens with two attached hydrogens (primary N) is 1. The highest BCUT2D eigenvalue weighted by Crippen LogP contribution is 2.12. The van der Waals surface area contributed by atoms with E-state index in [1.807, 2.05) is 13.0 Å². The lowest BCUT2D eigenvalue weighted by Gasteiger charge is -2.22. The molecule has 0 aliphatic carbocycles. The van der Waals surface area contributed by atoms with Crippen LogP contribution in [0.1, 0.15) is 31.6 Å². The molecule has 0 aliphatic heterocycles. The molecular formula is C13H24N2O. The van der Waals surface area contributed by atoms with Crippen LogP contribution in [0.5, 0.6) is 0 Å². The minimum absolute atomic E-state index is 0.261. The minimum Gasteiger partial charge on any atom is -0.469 e. The van der Waals surface area contributed by atoms with E-state index in [9.17, 15) is 0 Å². The van der Waals surface area contributed by atoms with Gasteiger partial charge in [-0.1, -0.05) is 13.8 Å². The summed E-state index contributed by atoms with van der Waals surface area (Å²) in [7, 11) is 2.10. The topological polar surface area (TPSA) is 42.4 Å². The van der Waals surface area contributed by atoms with E-state index in [1.165, 1.54) is 5.56 Å². The molecule has 3 nitrogen and oxygen atoms in total. The number of hydrogen-bond donors (Lipinski definition) is 1. The van der Waals surface area contributed by atoms with E-state index in [2.05, 4.69) is 25.8 Å². The van der Waals surface area contributed by atoms with Gasteiger partial charge in [-0.2, -0.15) is 0 Å². The molecule has 0 amide bonds. The zero-order valence-electron chi connectivity index (χ0n) is 10.9. The van der Waals surface area contributed by atoms with Crippen molar-refractivity contribution in [2.45, 2.75) is 39.8 Å². The van der Waals surface area contributed by atoms with Crippen LogP contribution in [0.2, 0.25) is 0 Å². The van der Waals surface area contributed by atoms with Gasteiger partial charge in [-0.15, -0.1) is 0 Å². The van der Waals surface area contributed by atoms with Crippen LogP contribution in [-0.2, 0) is 6.54 Å². The molecule has 1 unspecified atom stereocenters. The second kappa shape index (κ2) is 6.06. The van der Waals surface area contributed by atoms with Crippen molar-refractivity contribution in [3.05, 3.63) is 23.7 Å². The van der Waals surface area contributed by atoms with Gasteiger partial charge in [0.1, 0.15) is 5.76 Å². The molecule has 0 aromatic carbocycles. The zero-order valence-corrected chi connectivity index (χ0v) is 10.9. The fourth-order valence-corrected chi connectivity index (χ4v) is 2.01. The Bertz CT molecular complexity index is 307. The molecule has 1 aromatic rings. The molecule has 0 radical (unpaired) electrons. The molecule has 0 aliphatic rings. The van der Waals surface area contributed by atoms with Crippen molar-refractivity contribution in [2.24, 2.45) is 11.7 Å². The van der Waals surface area contributed by atoms with Gasteiger partial charge in [-0.25, -0.2) is 0 Å². The Morgan fingerprint density at radius 1 is 1.44 bits per heavy atom. The summed E-state index contributed by atoms with van der Waals surface area (Å²) >= 11 is 0. The molecule has 0 saturated heterocycles. The first-order chi connectivity index (χ1) is 7.49. The van der Waals surface area contributed by atoms with Crippen molar-refractivity contribution in [3.63, 3.8) is 0 Å². The smallest absolute Gasteiger partial charge is 0.105 e. The Balaban J connectivity index is 2.36. The lowest BCUT2D eigenvalue weighted by atomic mass is 10.0. The average Bonchev–Trinajstić information content (AvgIpc) is 2.49. The van der Waals surface area contributed by atoms with Gasteiger partial charge >= 0.3 is 0 Å². The number of furan rings is 1. The van der Waals surface area contributed by atoms with Crippen molar-refractivity contribution in [3.8, 4) is 0 Å². The lowest BCUT2D eigenvalue weighted by molar-refractivity contribution is 0.285. The fourth-order valence-electron chi connectivity index (χ4n) is 2.01. The van der Waals surface area contributed by atoms with Crippen molar-refractivity contribution in [2.75, 3.05) is 13.6 Å². The maximum Gasteiger partial charge on any atom is 0.105 e. The number of likely N-dealkylation sites (N-methyl/N-ethyl adjacent to an activating group) is 1. The molecule has 0 fully saturated rings. The number of aryl methyl sites for hydroxylation is 1. The van der Waals surface area contributed by atoms with E-state index in [-0.39, 0.29) is 6.04 Å². The maximum atomic E-state index is 6.08. The Hall–Kier alpha value is -0.800. The first-order valence-corrected chi connectivity index (χ1v) is 5.96. The van der Waals surface area contributed by atoms with Crippen LogP contribution in [0.15, 0.2) is 16.7 Å². The third kappa shape index (κ3) is 4.37. The Morgan fingerprint density at radius 3 is 2.62 bits per heavy atom. The number of rotatable bonds is 6. The van der Waals surface area contributed by atoms with Gasteiger partial charge in [-0.3, -0.25) is 0 Å². The van der Waals surface area contributed by atoms with Crippen LogP contribution < -0.4 is 5.73 Å². The van der Waals surface area contributed by atoms with Crippen molar-refractivity contribution in [1.82, 2.24) is 4.90 Å². The predicted octanol–water partition coefficient (Wildman–Crippen LogP) is 2.39. The van der Waals surface area contributed by atoms with Crippen LogP contribution in [0, 0.1) is 12.8 Å². The quantitative estimate of drug-likeness (QED) is 0.806. The summed E-state index contributed by atoms with van der Waals surface area (Å²) in [5.74, 6) is 1.67. The summed E-state index contributed by atoms with van der Waals surface area (Å²) in [6.45, 7) is 8.26. The molecule has 0 bridgehead atoms. The summed E-state index contributed by atoms with van der Waals surface area (Å²) < 4.78 is 5.28. The van der Waals surface area contributed by atoms with Crippen molar-refractivity contribution < 1.29 is 4.42 Å². The van der Waals surface area contributed by atoms with Gasteiger partial charge in [0.15, 0.2) is 0 Å². The first-order valence-electron chi connectivity index (χ1n) is 5.96. The predicted molar refractivity (Wildman–Crippen MR) is 67.2 cm³/mol. The van der Waals surface area contributed by atoms with E-state index < -0.39 is 0 Å². The summed E-state index contributed by atoms with van der Waals surface area (Å²) in [5, 5.41) is 0. The standard InChI is InChI=1S/C13H24N2O/c1-10(2)7-13(14)9-15(4)8-12-5-6-16-11(12)3/h5-6,10,13H,7-9,14H2,1-4H3. The Labute approximate surface area is 98.6 Å². The third-order valence-electron chi connectivity index (χ3n) is 2.73. The molecule has 1 rings (SSSR count). The molecular weight excluding hydrogens is 200 g/mol. The molecule has 3 heteroatoms. The van der Waals surface area contributed by atoms with Crippen LogP contribution in [0.25, 0.3) is 0 Å². The molecule has 1 atom stereocenters. The highest BCUT2D eigenvalue weighted by atomic mass is 16.3. The van der Waals surface area contributed by atoms with Gasteiger partial charge in [-0.05, 0) is 32.4 Å². The van der Waals surface area contributed by atoms with Crippen LogP contribution in [-0.4, -0.2) is 24.5 Å². The fraction of sp³-hybridized carbons (Fsp3) is 0.692. The van der Waals surface area contributed by atoms with Gasteiger partial charge in [0, 0.05) is 24.7 Å². The second-order valence-electron chi connectivity index (χ2n) is 5.09. The highest BCUT2D eigenvalue weighted by Gasteiger charge is 2.10. The minimum atomic E-state index is 0.261. The highest BCUT2D eigenvalue weighted by molar-refractivity contribution is 5.14. The summed E-state index contributed by atoms with van der Waals surface area (Å²) in [4.78, 5) is 2.25. The maximum absolute atomic E-state index is 6.08. The molecule has 0 saturated carbocycles. The molecule has 1 aromatic heterocycles. The van der Waals surface area contributed by atoms with Crippen LogP contribution >= 0.6 is 0 Å². The van der Waals surface area contributed by atoms with E-state index >= 15 is 0 Å². The van der Waals surface area contributed by atoms with Gasteiger partial charge in [0.05, 0.1) is 6.26 Å². The molecule has 2 N–H and O–H groups in total. The van der Waals surface area contributed by atoms with Crippen molar-refractivity contribution >= 4 is 0 Å². The van der Waals surface area contributed by atoms with Crippen LogP contribution in [0.3, 0.4) is 0 Å². The van der Waals surface area contributed by atoms with Gasteiger partial charge in [0.25, 0.3) is 0 Å². The monoisotopic (exact) mass is 224 g/mol. The second-order valence-corrected chi connectivity index (χ2v) is 5.09. The Kier molecular flexibility index (Phi) is 5.03. The number of hydrogen-bond acceptors (Lipinski definition) is 3. The average molecular weight is 224 g/mol. The zero-order chi connectivity index (χ0) is 12.1. The van der Waals surface area contributed by atoms with Crippen LogP contribution in [0.4, 0.5) is 0 Å². The first kappa shape index (κ1) is 13.3. The largest absolute Gasteiger partial charge is 0.469 e. The summed E-state index contributed by atoms with van der Waals surface area (Å²) in [6.07, 6.45) is 2.82. The molecule has 16 heavy (non-hydrogen) atoms. The molecule has 0 spiro atoms. The lowest BCUT2D eigenvalue weighted by Crippen LogP contribution is -2.35. The Morgan fingerprint density at radius 2 is 2.12 bits per heavy atom. The van der Waals surface area contributed by atoms with Crippen molar-refractivity contribution in [1.29, 1.82) is 0 Å². The molecule has 1 heterocycles. The van der Waals surface area contributed by atoms with E-state index in [1.54, 1.807) is 6.26 Å². The summed E-state index contributed by atoms with van der Waals surface area (Å²) in [6, 6.07) is 2.29. The van der Waals surface area contributed by atoms with E-state index in [0.29, 0.717) is 5.92 Å².